The Balaban J connectivity index is 1.21. The maximum atomic E-state index is 13.2. The molecular weight excluding hydrogens is 448 g/mol. The lowest BCUT2D eigenvalue weighted by Crippen LogP contribution is -2.46. The van der Waals surface area contributed by atoms with Crippen LogP contribution in [0.1, 0.15) is 55.9 Å². The highest BCUT2D eigenvalue weighted by atomic mass is 16.2. The second-order valence-corrected chi connectivity index (χ2v) is 11.2. The molecule has 2 amide bonds. The highest BCUT2D eigenvalue weighted by molar-refractivity contribution is 6.06. The van der Waals surface area contributed by atoms with E-state index in [2.05, 4.69) is 34.1 Å². The van der Waals surface area contributed by atoms with Crippen molar-refractivity contribution in [3.63, 3.8) is 0 Å². The molecule has 2 bridgehead atoms. The first kappa shape index (κ1) is 22.9. The van der Waals surface area contributed by atoms with Crippen molar-refractivity contribution in [1.29, 1.82) is 0 Å². The smallest absolute Gasteiger partial charge is 0.270 e. The van der Waals surface area contributed by atoms with Gasteiger partial charge in [0.2, 0.25) is 5.91 Å². The molecule has 36 heavy (non-hydrogen) atoms. The van der Waals surface area contributed by atoms with Crippen LogP contribution < -0.4 is 10.6 Å². The van der Waals surface area contributed by atoms with E-state index in [4.69, 9.17) is 0 Å². The molecule has 1 aromatic heterocycles. The van der Waals surface area contributed by atoms with Crippen molar-refractivity contribution >= 4 is 28.3 Å². The first-order valence-electron chi connectivity index (χ1n) is 13.0. The quantitative estimate of drug-likeness (QED) is 0.455. The minimum atomic E-state index is -0.267. The molecular formula is C30H32N4O2. The first-order chi connectivity index (χ1) is 17.4. The zero-order valence-electron chi connectivity index (χ0n) is 20.7. The first-order valence-corrected chi connectivity index (χ1v) is 13.0. The van der Waals surface area contributed by atoms with E-state index >= 15 is 0 Å². The van der Waals surface area contributed by atoms with E-state index in [1.54, 1.807) is 12.3 Å². The van der Waals surface area contributed by atoms with Crippen LogP contribution in [0, 0.1) is 23.2 Å². The molecule has 3 aliphatic carbocycles. The highest BCUT2D eigenvalue weighted by Crippen LogP contribution is 2.65. The fourth-order valence-corrected chi connectivity index (χ4v) is 7.22. The largest absolute Gasteiger partial charge is 0.348 e. The Morgan fingerprint density at radius 2 is 2.00 bits per heavy atom. The monoisotopic (exact) mass is 480 g/mol. The Kier molecular flexibility index (Phi) is 5.62. The molecule has 0 saturated heterocycles. The second kappa shape index (κ2) is 8.84. The van der Waals surface area contributed by atoms with Gasteiger partial charge in [0.05, 0.1) is 0 Å². The lowest BCUT2D eigenvalue weighted by Gasteiger charge is -2.51. The summed E-state index contributed by atoms with van der Waals surface area (Å²) in [7, 11) is 0. The average Bonchev–Trinajstić information content (AvgIpc) is 3.19. The van der Waals surface area contributed by atoms with Crippen LogP contribution in [0.3, 0.4) is 0 Å². The normalized spacial score (nSPS) is 28.5. The van der Waals surface area contributed by atoms with Gasteiger partial charge >= 0.3 is 0 Å². The van der Waals surface area contributed by atoms with Crippen molar-refractivity contribution in [1.82, 2.24) is 15.3 Å². The van der Waals surface area contributed by atoms with Gasteiger partial charge in [0, 0.05) is 28.9 Å². The molecule has 0 aliphatic heterocycles. The summed E-state index contributed by atoms with van der Waals surface area (Å²) >= 11 is 0. The van der Waals surface area contributed by atoms with Crippen LogP contribution >= 0.6 is 0 Å². The van der Waals surface area contributed by atoms with Gasteiger partial charge in [0.25, 0.3) is 5.91 Å². The Hall–Kier alpha value is -3.54. The van der Waals surface area contributed by atoms with Gasteiger partial charge in [0.15, 0.2) is 5.82 Å². The third-order valence-corrected chi connectivity index (χ3v) is 8.85. The van der Waals surface area contributed by atoms with E-state index < -0.39 is 0 Å². The minimum Gasteiger partial charge on any atom is -0.348 e. The second-order valence-electron chi connectivity index (χ2n) is 11.2. The van der Waals surface area contributed by atoms with Crippen LogP contribution in [0.25, 0.3) is 22.2 Å². The van der Waals surface area contributed by atoms with E-state index in [0.29, 0.717) is 22.6 Å². The number of benzene rings is 2. The lowest BCUT2D eigenvalue weighted by atomic mass is 9.55. The summed E-state index contributed by atoms with van der Waals surface area (Å²) in [5, 5.41) is 8.02. The number of nitrogens with one attached hydrogen (secondary N) is 2. The van der Waals surface area contributed by atoms with Crippen LogP contribution in [-0.2, 0) is 4.79 Å². The number of rotatable bonds is 5. The van der Waals surface area contributed by atoms with Gasteiger partial charge in [-0.05, 0) is 91.4 Å². The molecule has 6 rings (SSSR count). The van der Waals surface area contributed by atoms with Gasteiger partial charge in [-0.3, -0.25) is 9.59 Å². The SMILES string of the molecule is C=CC(=O)Nc1cccc2ccc(-c3nccc(C(=O)NC4CCC5CC6C(C4)CC6(C)C5)n3)cc12. The summed E-state index contributed by atoms with van der Waals surface area (Å²) in [6, 6.07) is 13.5. The zero-order valence-corrected chi connectivity index (χ0v) is 20.7. The predicted octanol–water partition coefficient (Wildman–Crippen LogP) is 5.76. The van der Waals surface area contributed by atoms with Crippen molar-refractivity contribution in [2.24, 2.45) is 23.2 Å². The van der Waals surface area contributed by atoms with Crippen LogP contribution in [0.4, 0.5) is 5.69 Å². The van der Waals surface area contributed by atoms with Crippen molar-refractivity contribution < 1.29 is 9.59 Å². The van der Waals surface area contributed by atoms with E-state index in [9.17, 15) is 9.59 Å². The number of carbonyl (C=O) groups is 2. The fourth-order valence-electron chi connectivity index (χ4n) is 7.22. The van der Waals surface area contributed by atoms with E-state index in [1.165, 1.54) is 31.8 Å². The third-order valence-electron chi connectivity index (χ3n) is 8.85. The molecule has 0 radical (unpaired) electrons. The van der Waals surface area contributed by atoms with Crippen molar-refractivity contribution in [3.8, 4) is 11.4 Å². The van der Waals surface area contributed by atoms with Crippen molar-refractivity contribution in [2.75, 3.05) is 5.32 Å². The summed E-state index contributed by atoms with van der Waals surface area (Å²) in [4.78, 5) is 34.2. The Morgan fingerprint density at radius 3 is 2.86 bits per heavy atom. The molecule has 1 heterocycles. The lowest BCUT2D eigenvalue weighted by molar-refractivity contribution is -0.111. The number of nitrogens with zero attached hydrogens (tertiary/aromatic N) is 2. The number of fused-ring (bicyclic) bond motifs is 2. The molecule has 5 unspecified atom stereocenters. The summed E-state index contributed by atoms with van der Waals surface area (Å²) in [6.07, 6.45) is 10.3. The number of carbonyl (C=O) groups excluding carboxylic acids is 2. The van der Waals surface area contributed by atoms with Gasteiger partial charge in [-0.1, -0.05) is 37.8 Å². The molecule has 3 aromatic rings. The van der Waals surface area contributed by atoms with Gasteiger partial charge in [-0.15, -0.1) is 0 Å². The van der Waals surface area contributed by atoms with Crippen molar-refractivity contribution in [3.05, 3.63) is 67.0 Å². The summed E-state index contributed by atoms with van der Waals surface area (Å²) < 4.78 is 0. The summed E-state index contributed by atoms with van der Waals surface area (Å²) in [5.74, 6) is 2.51. The summed E-state index contributed by atoms with van der Waals surface area (Å²) in [5.41, 5.74) is 2.42. The number of hydrogen-bond acceptors (Lipinski definition) is 4. The zero-order chi connectivity index (χ0) is 24.9. The standard InChI is InChI=1S/C30H32N4O2/c1-3-27(35)33-25-6-4-5-19-8-9-20(15-23(19)25)28-31-12-11-26(34-28)29(36)32-22-10-7-18-13-24-21(14-22)17-30(24,2)16-18/h3-6,8-9,11-12,15,18,21-22,24H,1,7,10,13-14,16-17H2,2H3,(H,32,36)(H,33,35). The van der Waals surface area contributed by atoms with Crippen LogP contribution in [0.2, 0.25) is 0 Å². The van der Waals surface area contributed by atoms with E-state index in [1.807, 2.05) is 36.4 Å². The Morgan fingerprint density at radius 1 is 1.11 bits per heavy atom. The average molecular weight is 481 g/mol. The van der Waals surface area contributed by atoms with Crippen molar-refractivity contribution in [2.45, 2.75) is 51.5 Å². The van der Waals surface area contributed by atoms with Gasteiger partial charge in [-0.2, -0.15) is 0 Å². The van der Waals surface area contributed by atoms with Crippen LogP contribution in [0.15, 0.2) is 61.3 Å². The molecule has 6 nitrogen and oxygen atoms in total. The van der Waals surface area contributed by atoms with E-state index in [-0.39, 0.29) is 17.9 Å². The topological polar surface area (TPSA) is 84.0 Å². The molecule has 3 aliphatic rings. The number of amides is 2. The highest BCUT2D eigenvalue weighted by Gasteiger charge is 2.56. The maximum Gasteiger partial charge on any atom is 0.270 e. The van der Waals surface area contributed by atoms with Crippen LogP contribution in [0.5, 0.6) is 0 Å². The molecule has 0 spiro atoms. The van der Waals surface area contributed by atoms with Gasteiger partial charge < -0.3 is 10.6 Å². The third kappa shape index (κ3) is 4.08. The fraction of sp³-hybridized carbons (Fsp3) is 0.400. The van der Waals surface area contributed by atoms with Gasteiger partial charge in [-0.25, -0.2) is 9.97 Å². The molecule has 3 saturated carbocycles. The Labute approximate surface area is 211 Å². The van der Waals surface area contributed by atoms with E-state index in [0.717, 1.165) is 46.9 Å². The van der Waals surface area contributed by atoms with Gasteiger partial charge in [0.1, 0.15) is 5.69 Å². The molecule has 184 valence electrons. The summed E-state index contributed by atoms with van der Waals surface area (Å²) in [6.45, 7) is 6.00. The number of anilines is 1. The maximum absolute atomic E-state index is 13.2. The predicted molar refractivity (Wildman–Crippen MR) is 141 cm³/mol. The molecule has 3 fully saturated rings. The molecule has 5 atom stereocenters. The molecule has 6 heteroatoms. The molecule has 2 N–H and O–H groups in total. The van der Waals surface area contributed by atoms with Crippen LogP contribution in [-0.4, -0.2) is 27.8 Å². The number of hydrogen-bond donors (Lipinski definition) is 2. The minimum absolute atomic E-state index is 0.126. The number of aromatic nitrogens is 2. The Bertz CT molecular complexity index is 1370. The molecule has 2 aromatic carbocycles.